The van der Waals surface area contributed by atoms with Crippen molar-refractivity contribution in [1.29, 1.82) is 0 Å². The van der Waals surface area contributed by atoms with E-state index >= 15 is 0 Å². The Kier molecular flexibility index (Phi) is 2.73. The minimum atomic E-state index is -1.21. The third-order valence-corrected chi connectivity index (χ3v) is 1.41. The van der Waals surface area contributed by atoms with E-state index in [4.69, 9.17) is 28.3 Å². The molecular weight excluding hydrogens is 203 g/mol. The lowest BCUT2D eigenvalue weighted by Gasteiger charge is -1.99. The van der Waals surface area contributed by atoms with Gasteiger partial charge in [0.15, 0.2) is 0 Å². The molecule has 0 aliphatic rings. The van der Waals surface area contributed by atoms with Gasteiger partial charge in [0.05, 0.1) is 0 Å². The molecule has 0 saturated carbocycles. The van der Waals surface area contributed by atoms with Gasteiger partial charge < -0.3 is 5.11 Å². The van der Waals surface area contributed by atoms with E-state index in [0.717, 1.165) is 0 Å². The number of amides is 1. The first-order valence-corrected chi connectivity index (χ1v) is 3.66. The Bertz CT molecular complexity index is 296. The number of nitrogens with zero attached hydrogens (tertiary/aromatic N) is 1. The Morgan fingerprint density at radius 2 is 2.17 bits per heavy atom. The van der Waals surface area contributed by atoms with Crippen molar-refractivity contribution < 1.29 is 9.90 Å². The van der Waals surface area contributed by atoms with E-state index in [-0.39, 0.29) is 11.0 Å². The van der Waals surface area contributed by atoms with Crippen LogP contribution < -0.4 is 5.32 Å². The average Bonchev–Trinajstić information content (AvgIpc) is 1.81. The molecular formula is C6H4Cl2N2O2. The maximum absolute atomic E-state index is 10.2. The highest BCUT2D eigenvalue weighted by atomic mass is 35.5. The van der Waals surface area contributed by atoms with Crippen molar-refractivity contribution in [1.82, 2.24) is 4.98 Å². The van der Waals surface area contributed by atoms with Crippen LogP contribution in [0.3, 0.4) is 0 Å². The Balaban J connectivity index is 2.93. The van der Waals surface area contributed by atoms with Gasteiger partial charge in [0.25, 0.3) is 0 Å². The molecule has 1 aromatic rings. The Labute approximate surface area is 78.1 Å². The Hall–Kier alpha value is -1.00. The predicted octanol–water partition coefficient (Wildman–Crippen LogP) is 2.48. The molecule has 6 heteroatoms. The summed E-state index contributed by atoms with van der Waals surface area (Å²) in [6.07, 6.45) is -1.21. The van der Waals surface area contributed by atoms with E-state index in [1.54, 1.807) is 0 Å². The summed E-state index contributed by atoms with van der Waals surface area (Å²) < 4.78 is 0. The highest BCUT2D eigenvalue weighted by Gasteiger charge is 2.01. The van der Waals surface area contributed by atoms with Crippen LogP contribution in [0.4, 0.5) is 10.6 Å². The zero-order valence-electron chi connectivity index (χ0n) is 5.71. The van der Waals surface area contributed by atoms with Crippen molar-refractivity contribution in [2.24, 2.45) is 0 Å². The molecule has 1 rings (SSSR count). The molecule has 0 bridgehead atoms. The van der Waals surface area contributed by atoms with Crippen LogP contribution in [0.25, 0.3) is 0 Å². The molecule has 4 nitrogen and oxygen atoms in total. The molecule has 1 aromatic heterocycles. The van der Waals surface area contributed by atoms with Crippen LogP contribution in [0.2, 0.25) is 10.2 Å². The molecule has 0 saturated heterocycles. The van der Waals surface area contributed by atoms with Crippen LogP contribution in [0.15, 0.2) is 12.1 Å². The fourth-order valence-electron chi connectivity index (χ4n) is 0.639. The van der Waals surface area contributed by atoms with Crippen LogP contribution in [0, 0.1) is 0 Å². The minimum absolute atomic E-state index is 0.111. The molecule has 0 spiro atoms. The molecule has 2 N–H and O–H groups in total. The first-order chi connectivity index (χ1) is 5.58. The van der Waals surface area contributed by atoms with Crippen molar-refractivity contribution in [3.63, 3.8) is 0 Å². The number of halogens is 2. The zero-order chi connectivity index (χ0) is 9.14. The minimum Gasteiger partial charge on any atom is -0.465 e. The summed E-state index contributed by atoms with van der Waals surface area (Å²) in [5, 5.41) is 10.8. The topological polar surface area (TPSA) is 62.2 Å². The highest BCUT2D eigenvalue weighted by Crippen LogP contribution is 2.18. The SMILES string of the molecule is O=C(O)Nc1cc(Cl)cc(Cl)n1. The smallest absolute Gasteiger partial charge is 0.410 e. The van der Waals surface area contributed by atoms with Crippen molar-refractivity contribution in [3.8, 4) is 0 Å². The lowest BCUT2D eigenvalue weighted by atomic mass is 10.4. The molecule has 12 heavy (non-hydrogen) atoms. The van der Waals surface area contributed by atoms with Gasteiger partial charge in [0.2, 0.25) is 0 Å². The molecule has 0 atom stereocenters. The second kappa shape index (κ2) is 3.60. The van der Waals surface area contributed by atoms with Crippen LogP contribution in [0.1, 0.15) is 0 Å². The van der Waals surface area contributed by atoms with E-state index < -0.39 is 6.09 Å². The summed E-state index contributed by atoms with van der Waals surface area (Å²) in [6, 6.07) is 2.78. The molecule has 0 aliphatic heterocycles. The third kappa shape index (κ3) is 2.56. The van der Waals surface area contributed by atoms with Crippen molar-refractivity contribution in [2.75, 3.05) is 5.32 Å². The summed E-state index contributed by atoms with van der Waals surface area (Å²) in [5.41, 5.74) is 0. The lowest BCUT2D eigenvalue weighted by Crippen LogP contribution is -2.08. The van der Waals surface area contributed by atoms with Gasteiger partial charge in [-0.25, -0.2) is 9.78 Å². The Morgan fingerprint density at radius 1 is 1.50 bits per heavy atom. The number of nitrogens with one attached hydrogen (secondary N) is 1. The lowest BCUT2D eigenvalue weighted by molar-refractivity contribution is 0.209. The van der Waals surface area contributed by atoms with Crippen molar-refractivity contribution >= 4 is 35.1 Å². The maximum atomic E-state index is 10.2. The summed E-state index contributed by atoms with van der Waals surface area (Å²) in [5.74, 6) is 0.111. The fraction of sp³-hybridized carbons (Fsp3) is 0. The van der Waals surface area contributed by atoms with Crippen LogP contribution in [-0.2, 0) is 0 Å². The van der Waals surface area contributed by atoms with Crippen LogP contribution in [0.5, 0.6) is 0 Å². The number of pyridine rings is 1. The number of rotatable bonds is 1. The summed E-state index contributed by atoms with van der Waals surface area (Å²) >= 11 is 11.1. The van der Waals surface area contributed by atoms with Gasteiger partial charge in [0.1, 0.15) is 11.0 Å². The van der Waals surface area contributed by atoms with E-state index in [2.05, 4.69) is 4.98 Å². The van der Waals surface area contributed by atoms with Gasteiger partial charge in [-0.2, -0.15) is 0 Å². The summed E-state index contributed by atoms with van der Waals surface area (Å²) in [6.45, 7) is 0. The van der Waals surface area contributed by atoms with Gasteiger partial charge in [-0.05, 0) is 12.1 Å². The number of aromatic nitrogens is 1. The standard InChI is InChI=1S/C6H4Cl2N2O2/c7-3-1-4(8)9-5(2-3)10-6(11)12/h1-2H,(H,9,10)(H,11,12). The van der Waals surface area contributed by atoms with Gasteiger partial charge >= 0.3 is 6.09 Å². The molecule has 0 unspecified atom stereocenters. The molecule has 0 fully saturated rings. The fourth-order valence-corrected chi connectivity index (χ4v) is 1.11. The van der Waals surface area contributed by atoms with Gasteiger partial charge in [-0.1, -0.05) is 23.2 Å². The largest absolute Gasteiger partial charge is 0.465 e. The van der Waals surface area contributed by atoms with E-state index in [1.807, 2.05) is 5.32 Å². The van der Waals surface area contributed by atoms with Crippen molar-refractivity contribution in [2.45, 2.75) is 0 Å². The van der Waals surface area contributed by atoms with Gasteiger partial charge in [-0.15, -0.1) is 0 Å². The molecule has 0 aromatic carbocycles. The van der Waals surface area contributed by atoms with Crippen LogP contribution >= 0.6 is 23.2 Å². The number of carbonyl (C=O) groups is 1. The predicted molar refractivity (Wildman–Crippen MR) is 45.9 cm³/mol. The molecule has 0 aliphatic carbocycles. The van der Waals surface area contributed by atoms with E-state index in [1.165, 1.54) is 12.1 Å². The first kappa shape index (κ1) is 9.09. The van der Waals surface area contributed by atoms with Crippen molar-refractivity contribution in [3.05, 3.63) is 22.3 Å². The van der Waals surface area contributed by atoms with E-state index in [0.29, 0.717) is 5.02 Å². The molecule has 1 heterocycles. The second-order valence-corrected chi connectivity index (χ2v) is 2.75. The molecule has 1 amide bonds. The highest BCUT2D eigenvalue weighted by molar-refractivity contribution is 6.34. The normalized spacial score (nSPS) is 9.50. The number of hydrogen-bond donors (Lipinski definition) is 2. The quantitative estimate of drug-likeness (QED) is 0.695. The Morgan fingerprint density at radius 3 is 2.67 bits per heavy atom. The maximum Gasteiger partial charge on any atom is 0.410 e. The first-order valence-electron chi connectivity index (χ1n) is 2.91. The summed E-state index contributed by atoms with van der Waals surface area (Å²) in [4.78, 5) is 13.8. The monoisotopic (exact) mass is 206 g/mol. The number of anilines is 1. The van der Waals surface area contributed by atoms with E-state index in [9.17, 15) is 4.79 Å². The summed E-state index contributed by atoms with van der Waals surface area (Å²) in [7, 11) is 0. The van der Waals surface area contributed by atoms with Gasteiger partial charge in [-0.3, -0.25) is 5.32 Å². The zero-order valence-corrected chi connectivity index (χ0v) is 7.23. The van der Waals surface area contributed by atoms with Crippen LogP contribution in [-0.4, -0.2) is 16.2 Å². The average molecular weight is 207 g/mol. The molecule has 0 radical (unpaired) electrons. The third-order valence-electron chi connectivity index (χ3n) is 0.994. The molecule has 64 valence electrons. The number of hydrogen-bond acceptors (Lipinski definition) is 2. The van der Waals surface area contributed by atoms with Gasteiger partial charge in [0, 0.05) is 5.02 Å². The number of carboxylic acid groups (broad SMARTS) is 1. The second-order valence-electron chi connectivity index (χ2n) is 1.92.